The largest absolute Gasteiger partial charge is 0.310 e. The van der Waals surface area contributed by atoms with Crippen molar-refractivity contribution in [2.75, 3.05) is 6.54 Å². The van der Waals surface area contributed by atoms with Crippen LogP contribution in [0.4, 0.5) is 0 Å². The maximum Gasteiger partial charge on any atom is 0.0406 e. The van der Waals surface area contributed by atoms with E-state index in [0.29, 0.717) is 6.04 Å². The topological polar surface area (TPSA) is 12.0 Å². The molecular weight excluding hydrogens is 254 g/mol. The first-order valence-electron chi connectivity index (χ1n) is 7.80. The van der Waals surface area contributed by atoms with Gasteiger partial charge in [-0.2, -0.15) is 0 Å². The summed E-state index contributed by atoms with van der Waals surface area (Å²) < 4.78 is 0. The molecule has 1 N–H and O–H groups in total. The molecular formula is C17H26ClN. The van der Waals surface area contributed by atoms with E-state index >= 15 is 0 Å². The molecule has 0 aliphatic heterocycles. The molecule has 0 aromatic heterocycles. The Labute approximate surface area is 122 Å². The van der Waals surface area contributed by atoms with Crippen molar-refractivity contribution in [3.63, 3.8) is 0 Å². The molecule has 0 heterocycles. The van der Waals surface area contributed by atoms with Crippen molar-refractivity contribution in [3.05, 3.63) is 34.9 Å². The van der Waals surface area contributed by atoms with Crippen molar-refractivity contribution in [1.29, 1.82) is 0 Å². The molecule has 1 nitrogen and oxygen atoms in total. The van der Waals surface area contributed by atoms with Gasteiger partial charge in [0.15, 0.2) is 0 Å². The van der Waals surface area contributed by atoms with Gasteiger partial charge in [-0.25, -0.2) is 0 Å². The summed E-state index contributed by atoms with van der Waals surface area (Å²) in [5.41, 5.74) is 1.40. The molecule has 0 bridgehead atoms. The third-order valence-corrected chi connectivity index (χ3v) is 4.53. The van der Waals surface area contributed by atoms with Crippen LogP contribution in [0.1, 0.15) is 63.5 Å². The highest BCUT2D eigenvalue weighted by atomic mass is 35.5. The first-order chi connectivity index (χ1) is 9.31. The fourth-order valence-electron chi connectivity index (χ4n) is 3.27. The van der Waals surface area contributed by atoms with Crippen LogP contribution in [0.15, 0.2) is 24.3 Å². The maximum absolute atomic E-state index is 6.01. The average molecular weight is 280 g/mol. The van der Waals surface area contributed by atoms with Crippen LogP contribution in [-0.4, -0.2) is 6.54 Å². The molecule has 1 aromatic rings. The van der Waals surface area contributed by atoms with E-state index in [1.807, 2.05) is 12.1 Å². The number of halogens is 1. The minimum Gasteiger partial charge on any atom is -0.310 e. The van der Waals surface area contributed by atoms with Crippen molar-refractivity contribution >= 4 is 11.6 Å². The smallest absolute Gasteiger partial charge is 0.0406 e. The number of benzene rings is 1. The average Bonchev–Trinajstić information content (AvgIpc) is 2.38. The first kappa shape index (κ1) is 14.9. The minimum atomic E-state index is 0.500. The Morgan fingerprint density at radius 2 is 1.63 bits per heavy atom. The Kier molecular flexibility index (Phi) is 6.19. The molecule has 1 aliphatic carbocycles. The molecule has 1 fully saturated rings. The Morgan fingerprint density at radius 1 is 1.05 bits per heavy atom. The van der Waals surface area contributed by atoms with Gasteiger partial charge in [0.2, 0.25) is 0 Å². The summed E-state index contributed by atoms with van der Waals surface area (Å²) in [5.74, 6) is 0.779. The Bertz CT molecular complexity index is 352. The quantitative estimate of drug-likeness (QED) is 0.783. The molecule has 0 saturated heterocycles. The molecule has 2 heteroatoms. The highest BCUT2D eigenvalue weighted by molar-refractivity contribution is 6.30. The standard InChI is InChI=1S/C17H26ClN/c1-2-19-17(15-10-12-16(18)13-11-15)14-8-6-4-3-5-7-9-14/h10-14,17,19H,2-9H2,1H3. The summed E-state index contributed by atoms with van der Waals surface area (Å²) in [6.07, 6.45) is 9.76. The molecule has 106 valence electrons. The second kappa shape index (κ2) is 7.91. The molecule has 1 aromatic carbocycles. The Hall–Kier alpha value is -0.530. The summed E-state index contributed by atoms with van der Waals surface area (Å²) in [4.78, 5) is 0. The molecule has 1 saturated carbocycles. The molecule has 2 rings (SSSR count). The normalized spacial score (nSPS) is 19.7. The molecule has 19 heavy (non-hydrogen) atoms. The van der Waals surface area contributed by atoms with Gasteiger partial charge >= 0.3 is 0 Å². The molecule has 1 aliphatic rings. The van der Waals surface area contributed by atoms with E-state index in [1.165, 1.54) is 50.5 Å². The van der Waals surface area contributed by atoms with Gasteiger partial charge in [0.1, 0.15) is 0 Å². The van der Waals surface area contributed by atoms with E-state index in [4.69, 9.17) is 11.6 Å². The van der Waals surface area contributed by atoms with Crippen LogP contribution < -0.4 is 5.32 Å². The van der Waals surface area contributed by atoms with E-state index in [-0.39, 0.29) is 0 Å². The third-order valence-electron chi connectivity index (χ3n) is 4.27. The van der Waals surface area contributed by atoms with E-state index in [2.05, 4.69) is 24.4 Å². The van der Waals surface area contributed by atoms with Crippen LogP contribution in [0, 0.1) is 5.92 Å². The lowest BCUT2D eigenvalue weighted by atomic mass is 9.83. The fourth-order valence-corrected chi connectivity index (χ4v) is 3.39. The summed E-state index contributed by atoms with van der Waals surface area (Å²) in [6, 6.07) is 8.91. The molecule has 1 unspecified atom stereocenters. The van der Waals surface area contributed by atoms with Gasteiger partial charge in [-0.1, -0.05) is 62.8 Å². The van der Waals surface area contributed by atoms with Gasteiger partial charge in [0.25, 0.3) is 0 Å². The molecule has 0 radical (unpaired) electrons. The summed E-state index contributed by atoms with van der Waals surface area (Å²) in [6.45, 7) is 3.23. The predicted octanol–water partition coefficient (Wildman–Crippen LogP) is 5.35. The number of hydrogen-bond donors (Lipinski definition) is 1. The lowest BCUT2D eigenvalue weighted by Crippen LogP contribution is -2.28. The minimum absolute atomic E-state index is 0.500. The van der Waals surface area contributed by atoms with Gasteiger partial charge in [0.05, 0.1) is 0 Å². The lowest BCUT2D eigenvalue weighted by Gasteiger charge is -2.30. The predicted molar refractivity (Wildman–Crippen MR) is 83.7 cm³/mol. The van der Waals surface area contributed by atoms with Gasteiger partial charge in [-0.05, 0) is 43.0 Å². The van der Waals surface area contributed by atoms with E-state index in [0.717, 1.165) is 17.5 Å². The SMILES string of the molecule is CCNC(c1ccc(Cl)cc1)C1CCCCCCC1. The van der Waals surface area contributed by atoms with Crippen LogP contribution in [-0.2, 0) is 0 Å². The number of rotatable bonds is 4. The fraction of sp³-hybridized carbons (Fsp3) is 0.647. The summed E-state index contributed by atoms with van der Waals surface area (Å²) >= 11 is 6.01. The molecule has 0 spiro atoms. The van der Waals surface area contributed by atoms with Gasteiger partial charge in [-0.15, -0.1) is 0 Å². The number of hydrogen-bond acceptors (Lipinski definition) is 1. The summed E-state index contributed by atoms with van der Waals surface area (Å²) in [7, 11) is 0. The zero-order valence-electron chi connectivity index (χ0n) is 12.0. The van der Waals surface area contributed by atoms with Crippen molar-refractivity contribution in [1.82, 2.24) is 5.32 Å². The van der Waals surface area contributed by atoms with Crippen LogP contribution in [0.3, 0.4) is 0 Å². The first-order valence-corrected chi connectivity index (χ1v) is 8.18. The second-order valence-corrected chi connectivity index (χ2v) is 6.13. The van der Waals surface area contributed by atoms with Crippen molar-refractivity contribution in [3.8, 4) is 0 Å². The van der Waals surface area contributed by atoms with Crippen LogP contribution in [0.25, 0.3) is 0 Å². The van der Waals surface area contributed by atoms with Gasteiger partial charge < -0.3 is 5.32 Å². The van der Waals surface area contributed by atoms with Crippen molar-refractivity contribution in [2.45, 2.75) is 57.9 Å². The lowest BCUT2D eigenvalue weighted by molar-refractivity contribution is 0.291. The third kappa shape index (κ3) is 4.50. The second-order valence-electron chi connectivity index (χ2n) is 5.69. The van der Waals surface area contributed by atoms with Crippen LogP contribution in [0.2, 0.25) is 5.02 Å². The van der Waals surface area contributed by atoms with E-state index in [9.17, 15) is 0 Å². The summed E-state index contributed by atoms with van der Waals surface area (Å²) in [5, 5.41) is 4.52. The molecule has 0 amide bonds. The van der Waals surface area contributed by atoms with Crippen molar-refractivity contribution < 1.29 is 0 Å². The van der Waals surface area contributed by atoms with Crippen molar-refractivity contribution in [2.24, 2.45) is 5.92 Å². The van der Waals surface area contributed by atoms with Crippen LogP contribution in [0.5, 0.6) is 0 Å². The Morgan fingerprint density at radius 3 is 2.21 bits per heavy atom. The monoisotopic (exact) mass is 279 g/mol. The van der Waals surface area contributed by atoms with E-state index < -0.39 is 0 Å². The zero-order chi connectivity index (χ0) is 13.5. The van der Waals surface area contributed by atoms with E-state index in [1.54, 1.807) is 0 Å². The number of nitrogens with one attached hydrogen (secondary N) is 1. The Balaban J connectivity index is 2.10. The zero-order valence-corrected chi connectivity index (χ0v) is 12.8. The van der Waals surface area contributed by atoms with Gasteiger partial charge in [0, 0.05) is 11.1 Å². The highest BCUT2D eigenvalue weighted by Crippen LogP contribution is 2.33. The van der Waals surface area contributed by atoms with Gasteiger partial charge in [-0.3, -0.25) is 0 Å². The highest BCUT2D eigenvalue weighted by Gasteiger charge is 2.22. The maximum atomic E-state index is 6.01. The molecule has 1 atom stereocenters. The van der Waals surface area contributed by atoms with Crippen LogP contribution >= 0.6 is 11.6 Å².